The fourth-order valence-corrected chi connectivity index (χ4v) is 0. The molecule has 0 unspecified atom stereocenters. The molecule has 0 aromatic heterocycles. The molecule has 0 radical (unpaired) electrons. The van der Waals surface area contributed by atoms with Crippen LogP contribution in [0.25, 0.3) is 0 Å². The smallest absolute Gasteiger partial charge is 0.248 e. The van der Waals surface area contributed by atoms with Gasteiger partial charge in [0.25, 0.3) is 6.08 Å². The molecule has 56 valence electrons. The summed E-state index contributed by atoms with van der Waals surface area (Å²) >= 11 is 0. The maximum atomic E-state index is 10.3. The van der Waals surface area contributed by atoms with Gasteiger partial charge >= 0.3 is 0 Å². The second-order valence-electron chi connectivity index (χ2n) is 0.777. The van der Waals surface area contributed by atoms with Gasteiger partial charge in [0.05, 0.1) is 0 Å². The molecule has 0 aromatic rings. The quantitative estimate of drug-likeness (QED) is 0.501. The van der Waals surface area contributed by atoms with Crippen LogP contribution in [0.1, 0.15) is 0 Å². The van der Waals surface area contributed by atoms with Crippen molar-refractivity contribution in [3.8, 4) is 0 Å². The molecule has 0 N–H and O–H groups in total. The average molecular weight is 148 g/mol. The van der Waals surface area contributed by atoms with Gasteiger partial charge in [-0.15, -0.1) is 0 Å². The van der Waals surface area contributed by atoms with Crippen LogP contribution in [0.5, 0.6) is 0 Å². The SMILES string of the molecule is FC=C(F)F.FCCF. The number of hydrogen-bond donors (Lipinski definition) is 0. The third kappa shape index (κ3) is 37.6. The Morgan fingerprint density at radius 3 is 1.33 bits per heavy atom. The van der Waals surface area contributed by atoms with E-state index in [1.165, 1.54) is 0 Å². The topological polar surface area (TPSA) is 0 Å². The Hall–Kier alpha value is -0.610. The van der Waals surface area contributed by atoms with Gasteiger partial charge in [-0.1, -0.05) is 0 Å². The molecule has 0 nitrogen and oxygen atoms in total. The lowest BCUT2D eigenvalue weighted by molar-refractivity contribution is 0.380. The molecule has 0 aromatic carbocycles. The highest BCUT2D eigenvalue weighted by Gasteiger charge is 1.78. The summed E-state index contributed by atoms with van der Waals surface area (Å²) in [5.41, 5.74) is 0. The Balaban J connectivity index is 0. The van der Waals surface area contributed by atoms with Gasteiger partial charge in [0.1, 0.15) is 13.3 Å². The van der Waals surface area contributed by atoms with Gasteiger partial charge in [0.15, 0.2) is 6.33 Å². The summed E-state index contributed by atoms with van der Waals surface area (Å²) in [6.45, 7) is -1.69. The number of hydrogen-bond acceptors (Lipinski definition) is 0. The average Bonchev–Trinajstić information content (AvgIpc) is 1.89. The van der Waals surface area contributed by atoms with Gasteiger partial charge in [0.2, 0.25) is 0 Å². The molecule has 0 bridgehead atoms. The molecule has 0 aliphatic heterocycles. The standard InChI is InChI=1S/C2HF3.C2H4F2/c3-1-2(4)5;3-1-2-4/h1H;1-2H2. The molecular formula is C4H5F5. The zero-order valence-corrected chi connectivity index (χ0v) is 4.38. The van der Waals surface area contributed by atoms with Gasteiger partial charge in [-0.25, -0.2) is 13.2 Å². The van der Waals surface area contributed by atoms with E-state index in [2.05, 4.69) is 0 Å². The third-order valence-electron chi connectivity index (χ3n) is 0.154. The molecule has 0 rings (SSSR count). The molecule has 0 saturated heterocycles. The van der Waals surface area contributed by atoms with E-state index in [1.54, 1.807) is 0 Å². The van der Waals surface area contributed by atoms with Crippen LogP contribution in [0.3, 0.4) is 0 Å². The van der Waals surface area contributed by atoms with E-state index in [9.17, 15) is 22.0 Å². The summed E-state index contributed by atoms with van der Waals surface area (Å²) in [5.74, 6) is 0. The van der Waals surface area contributed by atoms with Crippen LogP contribution in [0.2, 0.25) is 0 Å². The highest BCUT2D eigenvalue weighted by molar-refractivity contribution is 4.66. The summed E-state index contributed by atoms with van der Waals surface area (Å²) in [4.78, 5) is 0. The van der Waals surface area contributed by atoms with Crippen molar-refractivity contribution in [2.75, 3.05) is 13.3 Å². The van der Waals surface area contributed by atoms with Crippen molar-refractivity contribution < 1.29 is 22.0 Å². The van der Waals surface area contributed by atoms with E-state index in [1.807, 2.05) is 0 Å². The lowest BCUT2D eigenvalue weighted by Crippen LogP contribution is -1.68. The molecule has 0 saturated carbocycles. The largest absolute Gasteiger partial charge is 0.298 e. The minimum atomic E-state index is -2.29. The number of alkyl halides is 2. The lowest BCUT2D eigenvalue weighted by Gasteiger charge is -1.61. The molecule has 0 atom stereocenters. The molecular weight excluding hydrogens is 143 g/mol. The highest BCUT2D eigenvalue weighted by atomic mass is 19.3. The number of halogens is 5. The molecule has 0 aliphatic rings. The highest BCUT2D eigenvalue weighted by Crippen LogP contribution is 1.93. The van der Waals surface area contributed by atoms with Crippen LogP contribution in [-0.2, 0) is 0 Å². The van der Waals surface area contributed by atoms with Crippen molar-refractivity contribution in [2.45, 2.75) is 0 Å². The zero-order valence-electron chi connectivity index (χ0n) is 4.38. The molecule has 9 heavy (non-hydrogen) atoms. The first-order chi connectivity index (χ1) is 4.18. The van der Waals surface area contributed by atoms with Crippen LogP contribution >= 0.6 is 0 Å². The van der Waals surface area contributed by atoms with Gasteiger partial charge in [-0.05, 0) is 0 Å². The Kier molecular flexibility index (Phi) is 13.0. The molecule has 0 amide bonds. The Labute approximate surface area is 49.0 Å². The first-order valence-electron chi connectivity index (χ1n) is 1.92. The Morgan fingerprint density at radius 1 is 1.11 bits per heavy atom. The molecule has 0 heterocycles. The predicted molar refractivity (Wildman–Crippen MR) is 23.4 cm³/mol. The maximum Gasteiger partial charge on any atom is 0.298 e. The van der Waals surface area contributed by atoms with E-state index in [0.29, 0.717) is 0 Å². The van der Waals surface area contributed by atoms with E-state index in [-0.39, 0.29) is 0 Å². The van der Waals surface area contributed by atoms with Crippen molar-refractivity contribution in [1.82, 2.24) is 0 Å². The minimum absolute atomic E-state index is 0.750. The van der Waals surface area contributed by atoms with Gasteiger partial charge in [-0.2, -0.15) is 8.78 Å². The summed E-state index contributed by atoms with van der Waals surface area (Å²) in [6, 6.07) is 0. The maximum absolute atomic E-state index is 10.3. The molecule has 5 heteroatoms. The second-order valence-corrected chi connectivity index (χ2v) is 0.777. The summed E-state index contributed by atoms with van der Waals surface area (Å²) in [7, 11) is 0. The summed E-state index contributed by atoms with van der Waals surface area (Å²) < 4.78 is 51.4. The van der Waals surface area contributed by atoms with Crippen molar-refractivity contribution in [1.29, 1.82) is 0 Å². The van der Waals surface area contributed by atoms with Crippen LogP contribution in [-0.4, -0.2) is 13.3 Å². The van der Waals surface area contributed by atoms with Crippen LogP contribution in [0, 0.1) is 0 Å². The van der Waals surface area contributed by atoms with Crippen LogP contribution in [0.15, 0.2) is 12.4 Å². The van der Waals surface area contributed by atoms with Gasteiger partial charge in [-0.3, -0.25) is 0 Å². The third-order valence-corrected chi connectivity index (χ3v) is 0.154. The molecule has 0 aliphatic carbocycles. The fraction of sp³-hybridized carbons (Fsp3) is 0.500. The minimum Gasteiger partial charge on any atom is -0.248 e. The van der Waals surface area contributed by atoms with Crippen LogP contribution in [0.4, 0.5) is 22.0 Å². The second kappa shape index (κ2) is 10.4. The van der Waals surface area contributed by atoms with Crippen molar-refractivity contribution >= 4 is 0 Å². The first kappa shape index (κ1) is 11.2. The van der Waals surface area contributed by atoms with Crippen molar-refractivity contribution in [2.24, 2.45) is 0 Å². The van der Waals surface area contributed by atoms with E-state index in [0.717, 1.165) is 0 Å². The van der Waals surface area contributed by atoms with Crippen LogP contribution < -0.4 is 0 Å². The van der Waals surface area contributed by atoms with E-state index >= 15 is 0 Å². The first-order valence-corrected chi connectivity index (χ1v) is 1.92. The fourth-order valence-electron chi connectivity index (χ4n) is 0. The Bertz CT molecular complexity index is 63.4. The van der Waals surface area contributed by atoms with E-state index in [4.69, 9.17) is 0 Å². The van der Waals surface area contributed by atoms with Gasteiger partial charge in [0, 0.05) is 0 Å². The zero-order chi connectivity index (χ0) is 7.70. The monoisotopic (exact) mass is 148 g/mol. The molecule has 0 spiro atoms. The summed E-state index contributed by atoms with van der Waals surface area (Å²) in [6.07, 6.45) is -3.04. The predicted octanol–water partition coefficient (Wildman–Crippen LogP) is 2.62. The molecule has 0 fully saturated rings. The van der Waals surface area contributed by atoms with Gasteiger partial charge < -0.3 is 0 Å². The van der Waals surface area contributed by atoms with Crippen molar-refractivity contribution in [3.05, 3.63) is 12.4 Å². The Morgan fingerprint density at radius 2 is 1.33 bits per heavy atom. The normalized spacial score (nSPS) is 7.22. The number of rotatable bonds is 1. The summed E-state index contributed by atoms with van der Waals surface area (Å²) in [5, 5.41) is 0. The van der Waals surface area contributed by atoms with E-state index < -0.39 is 25.8 Å². The van der Waals surface area contributed by atoms with Crippen molar-refractivity contribution in [3.63, 3.8) is 0 Å². The lowest BCUT2D eigenvalue weighted by atomic mass is 10.9.